The van der Waals surface area contributed by atoms with E-state index in [9.17, 15) is 9.59 Å². The highest BCUT2D eigenvalue weighted by molar-refractivity contribution is 8.00. The number of aryl methyl sites for hydroxylation is 3. The molecular weight excluding hydrogens is 388 g/mol. The number of hydrogen-bond donors (Lipinski definition) is 2. The molecule has 0 unspecified atom stereocenters. The van der Waals surface area contributed by atoms with Gasteiger partial charge in [-0.2, -0.15) is 4.98 Å². The SMILES string of the molecule is Cc1nc(CNC(=O)c2ccc(C)c(NC(=O)CSc3ccccc3C)c2)no1. The number of hydrogen-bond acceptors (Lipinski definition) is 6. The fourth-order valence-electron chi connectivity index (χ4n) is 2.62. The second kappa shape index (κ2) is 9.38. The molecule has 0 aliphatic rings. The Morgan fingerprint density at radius 2 is 1.86 bits per heavy atom. The standard InChI is InChI=1S/C21H22N4O3S/c1-13-8-9-16(21(27)22-11-19-23-15(3)28-25-19)10-17(13)24-20(26)12-29-18-7-5-4-6-14(18)2/h4-10H,11-12H2,1-3H3,(H,22,27)(H,24,26). The van der Waals surface area contributed by atoms with Crippen LogP contribution in [0.5, 0.6) is 0 Å². The van der Waals surface area contributed by atoms with E-state index in [0.717, 1.165) is 16.0 Å². The molecule has 3 rings (SSSR count). The lowest BCUT2D eigenvalue weighted by Gasteiger charge is -2.11. The molecule has 2 N–H and O–H groups in total. The first-order valence-electron chi connectivity index (χ1n) is 9.08. The van der Waals surface area contributed by atoms with Crippen molar-refractivity contribution < 1.29 is 14.1 Å². The summed E-state index contributed by atoms with van der Waals surface area (Å²) in [6, 6.07) is 13.1. The first-order valence-corrected chi connectivity index (χ1v) is 10.1. The van der Waals surface area contributed by atoms with Gasteiger partial charge in [-0.1, -0.05) is 29.4 Å². The number of amides is 2. The highest BCUT2D eigenvalue weighted by Crippen LogP contribution is 2.23. The summed E-state index contributed by atoms with van der Waals surface area (Å²) >= 11 is 1.48. The molecule has 0 aliphatic carbocycles. The van der Waals surface area contributed by atoms with Gasteiger partial charge in [-0.15, -0.1) is 11.8 Å². The summed E-state index contributed by atoms with van der Waals surface area (Å²) in [5, 5.41) is 9.38. The number of rotatable bonds is 7. The predicted octanol–water partition coefficient (Wildman–Crippen LogP) is 3.66. The third-order valence-electron chi connectivity index (χ3n) is 4.20. The van der Waals surface area contributed by atoms with E-state index in [2.05, 4.69) is 20.8 Å². The molecule has 8 heteroatoms. The van der Waals surface area contributed by atoms with Gasteiger partial charge in [-0.05, 0) is 43.2 Å². The number of nitrogens with one attached hydrogen (secondary N) is 2. The molecule has 0 fully saturated rings. The Morgan fingerprint density at radius 3 is 2.59 bits per heavy atom. The summed E-state index contributed by atoms with van der Waals surface area (Å²) in [6.07, 6.45) is 0. The van der Waals surface area contributed by atoms with Gasteiger partial charge >= 0.3 is 0 Å². The molecule has 2 amide bonds. The molecule has 0 atom stereocenters. The lowest BCUT2D eigenvalue weighted by Crippen LogP contribution is -2.24. The topological polar surface area (TPSA) is 97.1 Å². The van der Waals surface area contributed by atoms with E-state index in [1.807, 2.05) is 38.1 Å². The van der Waals surface area contributed by atoms with E-state index in [0.29, 0.717) is 23.0 Å². The van der Waals surface area contributed by atoms with Crippen LogP contribution in [0.25, 0.3) is 0 Å². The fraction of sp³-hybridized carbons (Fsp3) is 0.238. The monoisotopic (exact) mass is 410 g/mol. The number of nitrogens with zero attached hydrogens (tertiary/aromatic N) is 2. The van der Waals surface area contributed by atoms with Crippen molar-refractivity contribution >= 4 is 29.3 Å². The second-order valence-corrected chi connectivity index (χ2v) is 7.56. The van der Waals surface area contributed by atoms with Gasteiger partial charge in [0.25, 0.3) is 5.91 Å². The molecule has 0 aliphatic heterocycles. The molecule has 2 aromatic carbocycles. The first-order chi connectivity index (χ1) is 13.9. The fourth-order valence-corrected chi connectivity index (χ4v) is 3.45. The molecule has 29 heavy (non-hydrogen) atoms. The maximum atomic E-state index is 12.4. The molecule has 0 bridgehead atoms. The van der Waals surface area contributed by atoms with Gasteiger partial charge in [-0.25, -0.2) is 0 Å². The summed E-state index contributed by atoms with van der Waals surface area (Å²) in [7, 11) is 0. The number of carbonyl (C=O) groups is 2. The maximum absolute atomic E-state index is 12.4. The Kier molecular flexibility index (Phi) is 6.66. The third kappa shape index (κ3) is 5.68. The Morgan fingerprint density at radius 1 is 1.07 bits per heavy atom. The van der Waals surface area contributed by atoms with Crippen LogP contribution in [0.1, 0.15) is 33.2 Å². The minimum absolute atomic E-state index is 0.124. The van der Waals surface area contributed by atoms with Gasteiger partial charge in [-0.3, -0.25) is 9.59 Å². The van der Waals surface area contributed by atoms with Crippen molar-refractivity contribution in [1.82, 2.24) is 15.5 Å². The smallest absolute Gasteiger partial charge is 0.251 e. The largest absolute Gasteiger partial charge is 0.345 e. The zero-order chi connectivity index (χ0) is 20.8. The van der Waals surface area contributed by atoms with E-state index >= 15 is 0 Å². The number of benzene rings is 2. The molecular formula is C21H22N4O3S. The highest BCUT2D eigenvalue weighted by atomic mass is 32.2. The van der Waals surface area contributed by atoms with Gasteiger partial charge < -0.3 is 15.2 Å². The summed E-state index contributed by atoms with van der Waals surface area (Å²) in [5.41, 5.74) is 3.07. The molecule has 0 saturated carbocycles. The highest BCUT2D eigenvalue weighted by Gasteiger charge is 2.12. The zero-order valence-electron chi connectivity index (χ0n) is 16.5. The number of aromatic nitrogens is 2. The van der Waals surface area contributed by atoms with Crippen LogP contribution in [0.2, 0.25) is 0 Å². The van der Waals surface area contributed by atoms with Crippen LogP contribution < -0.4 is 10.6 Å². The molecule has 1 heterocycles. The van der Waals surface area contributed by atoms with E-state index in [1.54, 1.807) is 25.1 Å². The number of thioether (sulfide) groups is 1. The van der Waals surface area contributed by atoms with Crippen molar-refractivity contribution in [3.63, 3.8) is 0 Å². The molecule has 0 radical (unpaired) electrons. The summed E-state index contributed by atoms with van der Waals surface area (Å²) in [4.78, 5) is 29.9. The van der Waals surface area contributed by atoms with Crippen molar-refractivity contribution in [2.24, 2.45) is 0 Å². The molecule has 7 nitrogen and oxygen atoms in total. The molecule has 1 aromatic heterocycles. The summed E-state index contributed by atoms with van der Waals surface area (Å²) in [6.45, 7) is 5.75. The van der Waals surface area contributed by atoms with Crippen LogP contribution >= 0.6 is 11.8 Å². The minimum atomic E-state index is -0.280. The van der Waals surface area contributed by atoms with Gasteiger partial charge in [0.15, 0.2) is 5.82 Å². The quantitative estimate of drug-likeness (QED) is 0.577. The lowest BCUT2D eigenvalue weighted by molar-refractivity contribution is -0.113. The number of anilines is 1. The van der Waals surface area contributed by atoms with Gasteiger partial charge in [0.05, 0.1) is 12.3 Å². The molecule has 0 saturated heterocycles. The van der Waals surface area contributed by atoms with E-state index < -0.39 is 0 Å². The predicted molar refractivity (Wildman–Crippen MR) is 112 cm³/mol. The van der Waals surface area contributed by atoms with Crippen LogP contribution in [0, 0.1) is 20.8 Å². The lowest BCUT2D eigenvalue weighted by atomic mass is 10.1. The summed E-state index contributed by atoms with van der Waals surface area (Å²) < 4.78 is 4.88. The normalized spacial score (nSPS) is 10.6. The van der Waals surface area contributed by atoms with Crippen LogP contribution in [-0.2, 0) is 11.3 Å². The Hall–Kier alpha value is -3.13. The van der Waals surface area contributed by atoms with Crippen molar-refractivity contribution in [2.45, 2.75) is 32.2 Å². The third-order valence-corrected chi connectivity index (χ3v) is 5.38. The second-order valence-electron chi connectivity index (χ2n) is 6.54. The van der Waals surface area contributed by atoms with Crippen molar-refractivity contribution in [3.05, 3.63) is 70.9 Å². The van der Waals surface area contributed by atoms with Crippen LogP contribution in [0.3, 0.4) is 0 Å². The van der Waals surface area contributed by atoms with Gasteiger partial charge in [0, 0.05) is 23.1 Å². The van der Waals surface area contributed by atoms with Gasteiger partial charge in [0.2, 0.25) is 11.8 Å². The minimum Gasteiger partial charge on any atom is -0.345 e. The maximum Gasteiger partial charge on any atom is 0.251 e. The van der Waals surface area contributed by atoms with Gasteiger partial charge in [0.1, 0.15) is 0 Å². The Bertz CT molecular complexity index is 1030. The van der Waals surface area contributed by atoms with Crippen molar-refractivity contribution in [1.29, 1.82) is 0 Å². The van der Waals surface area contributed by atoms with E-state index in [1.165, 1.54) is 11.8 Å². The molecule has 0 spiro atoms. The van der Waals surface area contributed by atoms with E-state index in [-0.39, 0.29) is 24.1 Å². The average molecular weight is 410 g/mol. The van der Waals surface area contributed by atoms with Crippen LogP contribution in [0.4, 0.5) is 5.69 Å². The van der Waals surface area contributed by atoms with Crippen molar-refractivity contribution in [3.8, 4) is 0 Å². The molecule has 3 aromatic rings. The van der Waals surface area contributed by atoms with Crippen LogP contribution in [0.15, 0.2) is 51.9 Å². The number of carbonyl (C=O) groups excluding carboxylic acids is 2. The zero-order valence-corrected chi connectivity index (χ0v) is 17.3. The van der Waals surface area contributed by atoms with E-state index in [4.69, 9.17) is 4.52 Å². The van der Waals surface area contributed by atoms with Crippen molar-refractivity contribution in [2.75, 3.05) is 11.1 Å². The Balaban J connectivity index is 1.59. The molecule has 150 valence electrons. The average Bonchev–Trinajstić information content (AvgIpc) is 3.12. The van der Waals surface area contributed by atoms with Crippen LogP contribution in [-0.4, -0.2) is 27.7 Å². The first kappa shape index (κ1) is 20.6. The summed E-state index contributed by atoms with van der Waals surface area (Å²) in [5.74, 6) is 0.735. The Labute approximate surface area is 173 Å².